The Morgan fingerprint density at radius 1 is 1.58 bits per heavy atom. The zero-order valence-electron chi connectivity index (χ0n) is 8.00. The van der Waals surface area contributed by atoms with Gasteiger partial charge in [0.1, 0.15) is 6.04 Å². The largest absolute Gasteiger partial charge is 0.347 e. The standard InChI is InChI=1S/C8H17N3O/c1-10(2)8(12)7-6-9-4-5-11(7)3/h7,9H,4-6H2,1-3H3. The Bertz CT molecular complexity index is 170. The van der Waals surface area contributed by atoms with Crippen LogP contribution in [0.2, 0.25) is 0 Å². The Labute approximate surface area is 73.5 Å². The lowest BCUT2D eigenvalue weighted by Gasteiger charge is -2.33. The molecule has 1 aliphatic rings. The van der Waals surface area contributed by atoms with Crippen LogP contribution in [0.1, 0.15) is 0 Å². The van der Waals surface area contributed by atoms with E-state index in [0.29, 0.717) is 0 Å². The molecular weight excluding hydrogens is 154 g/mol. The third-order valence-corrected chi connectivity index (χ3v) is 2.24. The fourth-order valence-electron chi connectivity index (χ4n) is 1.38. The van der Waals surface area contributed by atoms with Crippen molar-refractivity contribution < 1.29 is 4.79 Å². The summed E-state index contributed by atoms with van der Waals surface area (Å²) in [5, 5.41) is 3.21. The maximum Gasteiger partial charge on any atom is 0.240 e. The maximum atomic E-state index is 11.6. The number of nitrogens with zero attached hydrogens (tertiary/aromatic N) is 2. The van der Waals surface area contributed by atoms with Gasteiger partial charge >= 0.3 is 0 Å². The van der Waals surface area contributed by atoms with Crippen molar-refractivity contribution >= 4 is 5.91 Å². The second-order valence-corrected chi connectivity index (χ2v) is 3.43. The van der Waals surface area contributed by atoms with Gasteiger partial charge in [0, 0.05) is 33.7 Å². The van der Waals surface area contributed by atoms with E-state index in [0.717, 1.165) is 19.6 Å². The summed E-state index contributed by atoms with van der Waals surface area (Å²) in [7, 11) is 5.59. The lowest BCUT2D eigenvalue weighted by atomic mass is 10.2. The number of likely N-dealkylation sites (N-methyl/N-ethyl adjacent to an activating group) is 2. The highest BCUT2D eigenvalue weighted by molar-refractivity contribution is 5.81. The summed E-state index contributed by atoms with van der Waals surface area (Å²) in [5.74, 6) is 0.185. The minimum atomic E-state index is 0.0220. The minimum Gasteiger partial charge on any atom is -0.347 e. The molecule has 4 heteroatoms. The predicted octanol–water partition coefficient (Wildman–Crippen LogP) is -1.02. The Morgan fingerprint density at radius 3 is 2.75 bits per heavy atom. The van der Waals surface area contributed by atoms with E-state index >= 15 is 0 Å². The molecular formula is C8H17N3O. The average Bonchev–Trinajstić information content (AvgIpc) is 2.04. The van der Waals surface area contributed by atoms with Gasteiger partial charge in [0.25, 0.3) is 0 Å². The molecule has 1 aliphatic heterocycles. The fraction of sp³-hybridized carbons (Fsp3) is 0.875. The van der Waals surface area contributed by atoms with Crippen molar-refractivity contribution in [3.05, 3.63) is 0 Å². The van der Waals surface area contributed by atoms with Crippen molar-refractivity contribution in [1.82, 2.24) is 15.1 Å². The molecule has 1 rings (SSSR count). The second-order valence-electron chi connectivity index (χ2n) is 3.43. The molecule has 0 aromatic carbocycles. The maximum absolute atomic E-state index is 11.6. The number of amides is 1. The summed E-state index contributed by atoms with van der Waals surface area (Å²) in [6.45, 7) is 2.70. The zero-order valence-corrected chi connectivity index (χ0v) is 8.00. The Hall–Kier alpha value is -0.610. The van der Waals surface area contributed by atoms with Gasteiger partial charge in [0.15, 0.2) is 0 Å². The number of carbonyl (C=O) groups excluding carboxylic acids is 1. The monoisotopic (exact) mass is 171 g/mol. The Morgan fingerprint density at radius 2 is 2.25 bits per heavy atom. The first-order valence-electron chi connectivity index (χ1n) is 4.25. The van der Waals surface area contributed by atoms with E-state index in [1.807, 2.05) is 7.05 Å². The molecule has 12 heavy (non-hydrogen) atoms. The average molecular weight is 171 g/mol. The SMILES string of the molecule is CN(C)C(=O)C1CNCCN1C. The van der Waals surface area contributed by atoms with Crippen LogP contribution in [0.25, 0.3) is 0 Å². The van der Waals surface area contributed by atoms with Crippen LogP contribution in [0.3, 0.4) is 0 Å². The molecule has 70 valence electrons. The van der Waals surface area contributed by atoms with Gasteiger partial charge in [-0.3, -0.25) is 9.69 Å². The van der Waals surface area contributed by atoms with Gasteiger partial charge in [-0.15, -0.1) is 0 Å². The summed E-state index contributed by atoms with van der Waals surface area (Å²) >= 11 is 0. The van der Waals surface area contributed by atoms with Crippen molar-refractivity contribution in [2.45, 2.75) is 6.04 Å². The smallest absolute Gasteiger partial charge is 0.240 e. The van der Waals surface area contributed by atoms with E-state index in [1.165, 1.54) is 0 Å². The summed E-state index contributed by atoms with van der Waals surface area (Å²) in [6, 6.07) is 0.0220. The molecule has 1 unspecified atom stereocenters. The van der Waals surface area contributed by atoms with Gasteiger partial charge in [-0.2, -0.15) is 0 Å². The molecule has 0 saturated carbocycles. The van der Waals surface area contributed by atoms with Crippen molar-refractivity contribution in [1.29, 1.82) is 0 Å². The molecule has 0 aromatic heterocycles. The van der Waals surface area contributed by atoms with Crippen LogP contribution in [0.5, 0.6) is 0 Å². The lowest BCUT2D eigenvalue weighted by Crippen LogP contribution is -2.55. The van der Waals surface area contributed by atoms with E-state index < -0.39 is 0 Å². The number of carbonyl (C=O) groups is 1. The predicted molar refractivity (Wildman–Crippen MR) is 48.0 cm³/mol. The molecule has 0 spiro atoms. The van der Waals surface area contributed by atoms with Crippen molar-refractivity contribution in [3.63, 3.8) is 0 Å². The lowest BCUT2D eigenvalue weighted by molar-refractivity contribution is -0.134. The van der Waals surface area contributed by atoms with Crippen LogP contribution in [0, 0.1) is 0 Å². The van der Waals surface area contributed by atoms with Crippen LogP contribution in [0.4, 0.5) is 0 Å². The molecule has 0 bridgehead atoms. The van der Waals surface area contributed by atoms with E-state index in [9.17, 15) is 4.79 Å². The number of rotatable bonds is 1. The first-order valence-corrected chi connectivity index (χ1v) is 4.25. The van der Waals surface area contributed by atoms with Crippen LogP contribution in [-0.4, -0.2) is 62.5 Å². The van der Waals surface area contributed by atoms with Crippen LogP contribution in [-0.2, 0) is 4.79 Å². The van der Waals surface area contributed by atoms with E-state index in [2.05, 4.69) is 10.2 Å². The first kappa shape index (κ1) is 9.48. The Kier molecular flexibility index (Phi) is 3.05. The molecule has 0 radical (unpaired) electrons. The van der Waals surface area contributed by atoms with E-state index in [-0.39, 0.29) is 11.9 Å². The van der Waals surface area contributed by atoms with Crippen LogP contribution >= 0.6 is 0 Å². The van der Waals surface area contributed by atoms with Gasteiger partial charge in [0.2, 0.25) is 5.91 Å². The summed E-state index contributed by atoms with van der Waals surface area (Å²) in [6.07, 6.45) is 0. The number of nitrogens with one attached hydrogen (secondary N) is 1. The van der Waals surface area contributed by atoms with Crippen LogP contribution in [0.15, 0.2) is 0 Å². The van der Waals surface area contributed by atoms with Crippen LogP contribution < -0.4 is 5.32 Å². The zero-order chi connectivity index (χ0) is 9.14. The summed E-state index contributed by atoms with van der Waals surface area (Å²) in [5.41, 5.74) is 0. The molecule has 1 fully saturated rings. The molecule has 1 heterocycles. The van der Waals surface area contributed by atoms with Gasteiger partial charge in [-0.1, -0.05) is 0 Å². The first-order chi connectivity index (χ1) is 5.63. The molecule has 1 amide bonds. The molecule has 0 aliphatic carbocycles. The van der Waals surface area contributed by atoms with E-state index in [4.69, 9.17) is 0 Å². The highest BCUT2D eigenvalue weighted by atomic mass is 16.2. The van der Waals surface area contributed by atoms with Crippen molar-refractivity contribution in [2.75, 3.05) is 40.8 Å². The minimum absolute atomic E-state index is 0.0220. The number of piperazine rings is 1. The van der Waals surface area contributed by atoms with Crippen molar-refractivity contribution in [2.24, 2.45) is 0 Å². The van der Waals surface area contributed by atoms with Gasteiger partial charge in [-0.25, -0.2) is 0 Å². The number of hydrogen-bond acceptors (Lipinski definition) is 3. The summed E-state index contributed by atoms with van der Waals surface area (Å²) in [4.78, 5) is 15.3. The van der Waals surface area contributed by atoms with Crippen molar-refractivity contribution in [3.8, 4) is 0 Å². The summed E-state index contributed by atoms with van der Waals surface area (Å²) < 4.78 is 0. The Balaban J connectivity index is 2.53. The molecule has 1 saturated heterocycles. The third-order valence-electron chi connectivity index (χ3n) is 2.24. The molecule has 1 atom stereocenters. The van der Waals surface area contributed by atoms with Gasteiger partial charge < -0.3 is 10.2 Å². The fourth-order valence-corrected chi connectivity index (χ4v) is 1.38. The molecule has 0 aromatic rings. The number of hydrogen-bond donors (Lipinski definition) is 1. The highest BCUT2D eigenvalue weighted by Gasteiger charge is 2.26. The van der Waals surface area contributed by atoms with Gasteiger partial charge in [0.05, 0.1) is 0 Å². The van der Waals surface area contributed by atoms with E-state index in [1.54, 1.807) is 19.0 Å². The normalized spacial score (nSPS) is 25.4. The van der Waals surface area contributed by atoms with Gasteiger partial charge in [-0.05, 0) is 7.05 Å². The molecule has 4 nitrogen and oxygen atoms in total. The second kappa shape index (κ2) is 3.87. The third kappa shape index (κ3) is 1.95. The topological polar surface area (TPSA) is 35.6 Å². The molecule has 1 N–H and O–H groups in total. The highest BCUT2D eigenvalue weighted by Crippen LogP contribution is 2.01. The quantitative estimate of drug-likeness (QED) is 0.548.